The first-order chi connectivity index (χ1) is 20.6. The van der Waals surface area contributed by atoms with E-state index >= 15 is 0 Å². The monoisotopic (exact) mass is 593 g/mol. The molecule has 6 rings (SSSR count). The van der Waals surface area contributed by atoms with Gasteiger partial charge in [-0.2, -0.15) is 18.3 Å². The summed E-state index contributed by atoms with van der Waals surface area (Å²) in [5.41, 5.74) is 2.40. The Morgan fingerprint density at radius 3 is 2.49 bits per heavy atom. The maximum atomic E-state index is 14.1. The van der Waals surface area contributed by atoms with Crippen molar-refractivity contribution in [1.29, 1.82) is 0 Å². The van der Waals surface area contributed by atoms with E-state index in [-0.39, 0.29) is 35.1 Å². The predicted molar refractivity (Wildman–Crippen MR) is 151 cm³/mol. The molecule has 1 amide bonds. The molecule has 0 saturated carbocycles. The van der Waals surface area contributed by atoms with Crippen molar-refractivity contribution in [2.75, 3.05) is 17.7 Å². The SMILES string of the molecule is COc1ccc([C@H]2C[C@H](C(F)(F)F)n3nc(C(=O)Nc4cc(Oc5ccc6c(c5)CCC6)cc([N+](=O)[O-])c4)cc3N2)cc1. The minimum absolute atomic E-state index is 0.0132. The fraction of sp³-hybridized carbons (Fsp3) is 0.267. The molecule has 43 heavy (non-hydrogen) atoms. The number of aromatic nitrogens is 2. The quantitative estimate of drug-likeness (QED) is 0.175. The molecule has 1 aliphatic heterocycles. The summed E-state index contributed by atoms with van der Waals surface area (Å²) in [5, 5.41) is 21.1. The van der Waals surface area contributed by atoms with E-state index < -0.39 is 29.1 Å². The molecule has 3 aromatic carbocycles. The molecule has 0 radical (unpaired) electrons. The van der Waals surface area contributed by atoms with Crippen molar-refractivity contribution in [3.63, 3.8) is 0 Å². The smallest absolute Gasteiger partial charge is 0.410 e. The minimum Gasteiger partial charge on any atom is -0.497 e. The molecule has 0 saturated heterocycles. The lowest BCUT2D eigenvalue weighted by atomic mass is 9.97. The number of aryl methyl sites for hydroxylation is 2. The van der Waals surface area contributed by atoms with Crippen molar-refractivity contribution in [1.82, 2.24) is 9.78 Å². The molecule has 13 heteroatoms. The molecule has 2 aliphatic rings. The van der Waals surface area contributed by atoms with Crippen LogP contribution >= 0.6 is 0 Å². The molecule has 222 valence electrons. The number of nitro benzene ring substituents is 1. The molecule has 2 N–H and O–H groups in total. The number of hydrogen-bond acceptors (Lipinski definition) is 7. The van der Waals surface area contributed by atoms with Crippen LogP contribution in [0.2, 0.25) is 0 Å². The van der Waals surface area contributed by atoms with Gasteiger partial charge in [0.05, 0.1) is 29.8 Å². The van der Waals surface area contributed by atoms with Gasteiger partial charge in [-0.25, -0.2) is 4.68 Å². The van der Waals surface area contributed by atoms with Crippen LogP contribution in [0.15, 0.2) is 66.7 Å². The number of nitrogens with zero attached hydrogens (tertiary/aromatic N) is 3. The lowest BCUT2D eigenvalue weighted by Crippen LogP contribution is -2.35. The van der Waals surface area contributed by atoms with Gasteiger partial charge in [0.2, 0.25) is 0 Å². The van der Waals surface area contributed by atoms with Gasteiger partial charge in [0, 0.05) is 24.6 Å². The van der Waals surface area contributed by atoms with Crippen LogP contribution in [0.1, 0.15) is 52.1 Å². The first-order valence-electron chi connectivity index (χ1n) is 13.5. The number of fused-ring (bicyclic) bond motifs is 2. The third kappa shape index (κ3) is 5.83. The average molecular weight is 594 g/mol. The number of alkyl halides is 3. The zero-order valence-electron chi connectivity index (χ0n) is 22.9. The number of carbonyl (C=O) groups is 1. The van der Waals surface area contributed by atoms with Gasteiger partial charge in [-0.1, -0.05) is 18.2 Å². The largest absolute Gasteiger partial charge is 0.497 e. The van der Waals surface area contributed by atoms with Crippen LogP contribution in [0.3, 0.4) is 0 Å². The van der Waals surface area contributed by atoms with Crippen LogP contribution in [-0.2, 0) is 12.8 Å². The molecular formula is C30H26F3N5O5. The normalized spacial score (nSPS) is 17.4. The highest BCUT2D eigenvalue weighted by molar-refractivity contribution is 6.03. The summed E-state index contributed by atoms with van der Waals surface area (Å²) in [4.78, 5) is 24.2. The third-order valence-electron chi connectivity index (χ3n) is 7.61. The van der Waals surface area contributed by atoms with Gasteiger partial charge in [0.1, 0.15) is 23.1 Å². The lowest BCUT2D eigenvalue weighted by Gasteiger charge is -2.33. The zero-order valence-corrected chi connectivity index (χ0v) is 22.9. The molecule has 1 aliphatic carbocycles. The Labute approximate surface area is 243 Å². The van der Waals surface area contributed by atoms with Gasteiger partial charge in [0.15, 0.2) is 11.7 Å². The standard InChI is InChI=1S/C30H26F3N5O5/c1-42-22-8-6-18(7-9-22)25-15-27(30(31,32)33)37-28(35-25)16-26(36-37)29(39)34-20-12-21(38(40)41)14-24(13-20)43-23-10-5-17-3-2-4-19(17)11-23/h5-14,16,25,27,35H,2-4,15H2,1H3,(H,34,39)/t25-,27-/m1/s1. The van der Waals surface area contributed by atoms with E-state index in [2.05, 4.69) is 15.7 Å². The van der Waals surface area contributed by atoms with Crippen molar-refractivity contribution < 1.29 is 32.4 Å². The fourth-order valence-electron chi connectivity index (χ4n) is 5.50. The number of carbonyl (C=O) groups excluding carboxylic acids is 1. The first-order valence-corrected chi connectivity index (χ1v) is 13.5. The molecule has 0 unspecified atom stereocenters. The Morgan fingerprint density at radius 1 is 1.02 bits per heavy atom. The molecular weight excluding hydrogens is 567 g/mol. The summed E-state index contributed by atoms with van der Waals surface area (Å²) in [5.74, 6) is 0.357. The van der Waals surface area contributed by atoms with E-state index in [0.717, 1.165) is 35.6 Å². The van der Waals surface area contributed by atoms with Gasteiger partial charge in [0.25, 0.3) is 11.6 Å². The molecule has 0 bridgehead atoms. The maximum Gasteiger partial charge on any atom is 0.410 e. The van der Waals surface area contributed by atoms with E-state index in [1.165, 1.54) is 30.9 Å². The molecule has 10 nitrogen and oxygen atoms in total. The van der Waals surface area contributed by atoms with E-state index in [9.17, 15) is 28.1 Å². The van der Waals surface area contributed by atoms with Crippen LogP contribution in [0.25, 0.3) is 0 Å². The number of nitro groups is 1. The Bertz CT molecular complexity index is 1700. The number of benzene rings is 3. The number of ether oxygens (including phenoxy) is 2. The van der Waals surface area contributed by atoms with E-state index in [1.54, 1.807) is 30.3 Å². The van der Waals surface area contributed by atoms with E-state index in [4.69, 9.17) is 9.47 Å². The Kier molecular flexibility index (Phi) is 7.16. The summed E-state index contributed by atoms with van der Waals surface area (Å²) >= 11 is 0. The average Bonchev–Trinajstić information content (AvgIpc) is 3.63. The van der Waals surface area contributed by atoms with Gasteiger partial charge < -0.3 is 20.1 Å². The number of methoxy groups -OCH3 is 1. The summed E-state index contributed by atoms with van der Waals surface area (Å²) in [6.07, 6.45) is -2.03. The topological polar surface area (TPSA) is 121 Å². The lowest BCUT2D eigenvalue weighted by molar-refractivity contribution is -0.384. The Hall–Kier alpha value is -5.07. The maximum absolute atomic E-state index is 14.1. The summed E-state index contributed by atoms with van der Waals surface area (Å²) < 4.78 is 54.1. The molecule has 0 fully saturated rings. The third-order valence-corrected chi connectivity index (χ3v) is 7.61. The molecule has 1 aromatic heterocycles. The molecule has 2 heterocycles. The second kappa shape index (κ2) is 11.0. The van der Waals surface area contributed by atoms with Crippen molar-refractivity contribution in [2.24, 2.45) is 0 Å². The number of halogens is 3. The second-order valence-corrected chi connectivity index (χ2v) is 10.4. The number of rotatable bonds is 7. The first kappa shape index (κ1) is 28.1. The van der Waals surface area contributed by atoms with E-state index in [0.29, 0.717) is 17.1 Å². The number of amides is 1. The molecule has 0 spiro atoms. The van der Waals surface area contributed by atoms with Crippen LogP contribution in [0.4, 0.5) is 30.4 Å². The van der Waals surface area contributed by atoms with Gasteiger partial charge >= 0.3 is 6.18 Å². The highest BCUT2D eigenvalue weighted by Gasteiger charge is 2.46. The van der Waals surface area contributed by atoms with Crippen molar-refractivity contribution in [2.45, 2.75) is 43.9 Å². The van der Waals surface area contributed by atoms with Crippen molar-refractivity contribution in [3.8, 4) is 17.2 Å². The van der Waals surface area contributed by atoms with Crippen LogP contribution in [-0.4, -0.2) is 33.9 Å². The van der Waals surface area contributed by atoms with Crippen molar-refractivity contribution >= 4 is 23.1 Å². The summed E-state index contributed by atoms with van der Waals surface area (Å²) in [6.45, 7) is 0. The number of anilines is 2. The van der Waals surface area contributed by atoms with Gasteiger partial charge in [-0.15, -0.1) is 0 Å². The Morgan fingerprint density at radius 2 is 1.77 bits per heavy atom. The van der Waals surface area contributed by atoms with Gasteiger partial charge in [-0.05, 0) is 60.2 Å². The van der Waals surface area contributed by atoms with Crippen molar-refractivity contribution in [3.05, 3.63) is 99.2 Å². The van der Waals surface area contributed by atoms with Crippen LogP contribution < -0.4 is 20.1 Å². The molecule has 4 aromatic rings. The minimum atomic E-state index is -4.63. The second-order valence-electron chi connectivity index (χ2n) is 10.4. The molecule has 2 atom stereocenters. The Balaban J connectivity index is 1.25. The van der Waals surface area contributed by atoms with Crippen LogP contribution in [0.5, 0.6) is 17.2 Å². The van der Waals surface area contributed by atoms with E-state index in [1.807, 2.05) is 12.1 Å². The summed E-state index contributed by atoms with van der Waals surface area (Å²) in [7, 11) is 1.49. The zero-order chi connectivity index (χ0) is 30.3. The number of hydrogen-bond donors (Lipinski definition) is 2. The summed E-state index contributed by atoms with van der Waals surface area (Å²) in [6, 6.07) is 14.6. The predicted octanol–water partition coefficient (Wildman–Crippen LogP) is 6.99. The fourth-order valence-corrected chi connectivity index (χ4v) is 5.50. The number of nitrogens with one attached hydrogen (secondary N) is 2. The number of non-ortho nitro benzene ring substituents is 1. The van der Waals surface area contributed by atoms with Gasteiger partial charge in [-0.3, -0.25) is 14.9 Å². The highest BCUT2D eigenvalue weighted by Crippen LogP contribution is 2.44. The highest BCUT2D eigenvalue weighted by atomic mass is 19.4. The van der Waals surface area contributed by atoms with Crippen LogP contribution in [0, 0.1) is 10.1 Å².